The quantitative estimate of drug-likeness (QED) is 0.748. The van der Waals surface area contributed by atoms with Gasteiger partial charge in [0.25, 0.3) is 0 Å². The van der Waals surface area contributed by atoms with Gasteiger partial charge >= 0.3 is 0 Å². The van der Waals surface area contributed by atoms with E-state index < -0.39 is 0 Å². The molecular formula is C18H35NOS. The summed E-state index contributed by atoms with van der Waals surface area (Å²) in [6.07, 6.45) is 9.33. The maximum absolute atomic E-state index is 6.27. The molecule has 1 aliphatic heterocycles. The maximum Gasteiger partial charge on any atom is 0.0685 e. The van der Waals surface area contributed by atoms with Crippen molar-refractivity contribution in [3.05, 3.63) is 0 Å². The second-order valence-corrected chi connectivity index (χ2v) is 8.52. The molecule has 21 heavy (non-hydrogen) atoms. The molecule has 1 spiro atoms. The van der Waals surface area contributed by atoms with Crippen molar-refractivity contribution in [3.8, 4) is 0 Å². The van der Waals surface area contributed by atoms with Crippen molar-refractivity contribution in [2.24, 2.45) is 11.8 Å². The van der Waals surface area contributed by atoms with E-state index in [0.29, 0.717) is 6.04 Å². The van der Waals surface area contributed by atoms with Gasteiger partial charge in [-0.25, -0.2) is 0 Å². The first-order chi connectivity index (χ1) is 10.2. The molecule has 1 saturated carbocycles. The van der Waals surface area contributed by atoms with Crippen molar-refractivity contribution in [1.82, 2.24) is 5.32 Å². The van der Waals surface area contributed by atoms with Crippen LogP contribution < -0.4 is 5.32 Å². The van der Waals surface area contributed by atoms with Crippen LogP contribution in [-0.4, -0.2) is 36.3 Å². The number of hydrogen-bond donors (Lipinski definition) is 1. The lowest BCUT2D eigenvalue weighted by molar-refractivity contribution is -0.120. The Labute approximate surface area is 136 Å². The lowest BCUT2D eigenvalue weighted by Crippen LogP contribution is -2.48. The zero-order valence-corrected chi connectivity index (χ0v) is 15.1. The van der Waals surface area contributed by atoms with Gasteiger partial charge in [-0.15, -0.1) is 0 Å². The van der Waals surface area contributed by atoms with E-state index in [4.69, 9.17) is 4.74 Å². The molecular weight excluding hydrogens is 278 g/mol. The summed E-state index contributed by atoms with van der Waals surface area (Å²) in [6, 6.07) is 0.682. The largest absolute Gasteiger partial charge is 0.375 e. The SMILES string of the molecule is CCNC(CSCC(C)C)C1CCOC2(CCCCC2)C1. The molecule has 1 N–H and O–H groups in total. The van der Waals surface area contributed by atoms with Gasteiger partial charge in [0.2, 0.25) is 0 Å². The monoisotopic (exact) mass is 313 g/mol. The molecule has 0 aromatic heterocycles. The van der Waals surface area contributed by atoms with Crippen molar-refractivity contribution in [3.63, 3.8) is 0 Å². The van der Waals surface area contributed by atoms with E-state index >= 15 is 0 Å². The molecule has 0 aromatic carbocycles. The van der Waals surface area contributed by atoms with E-state index in [1.54, 1.807) is 0 Å². The van der Waals surface area contributed by atoms with Gasteiger partial charge in [0.1, 0.15) is 0 Å². The predicted octanol–water partition coefficient (Wildman–Crippen LogP) is 4.48. The van der Waals surface area contributed by atoms with E-state index in [9.17, 15) is 0 Å². The summed E-state index contributed by atoms with van der Waals surface area (Å²) < 4.78 is 6.27. The van der Waals surface area contributed by atoms with Crippen molar-refractivity contribution < 1.29 is 4.74 Å². The lowest BCUT2D eigenvalue weighted by Gasteiger charge is -2.45. The summed E-state index contributed by atoms with van der Waals surface area (Å²) in [5.74, 6) is 4.18. The smallest absolute Gasteiger partial charge is 0.0685 e. The molecule has 1 saturated heterocycles. The van der Waals surface area contributed by atoms with Crippen LogP contribution in [0.1, 0.15) is 65.7 Å². The topological polar surface area (TPSA) is 21.3 Å². The molecule has 2 aliphatic rings. The molecule has 0 bridgehead atoms. The van der Waals surface area contributed by atoms with Crippen LogP contribution in [0, 0.1) is 11.8 Å². The van der Waals surface area contributed by atoms with Gasteiger partial charge in [0, 0.05) is 18.4 Å². The third-order valence-electron chi connectivity index (χ3n) is 5.08. The first kappa shape index (κ1) is 17.6. The second kappa shape index (κ2) is 8.79. The van der Waals surface area contributed by atoms with Crippen LogP contribution in [0.4, 0.5) is 0 Å². The molecule has 0 aromatic rings. The molecule has 0 amide bonds. The van der Waals surface area contributed by atoms with E-state index in [0.717, 1.165) is 25.0 Å². The maximum atomic E-state index is 6.27. The Balaban J connectivity index is 1.88. The summed E-state index contributed by atoms with van der Waals surface area (Å²) in [7, 11) is 0. The molecule has 0 radical (unpaired) electrons. The van der Waals surface area contributed by atoms with Gasteiger partial charge in [-0.05, 0) is 49.8 Å². The van der Waals surface area contributed by atoms with Gasteiger partial charge in [-0.2, -0.15) is 11.8 Å². The minimum atomic E-state index is 0.248. The summed E-state index contributed by atoms with van der Waals surface area (Å²) in [4.78, 5) is 0. The molecule has 124 valence electrons. The number of thioether (sulfide) groups is 1. The normalized spacial score (nSPS) is 27.1. The Hall–Kier alpha value is 0.270. The van der Waals surface area contributed by atoms with E-state index in [1.807, 2.05) is 0 Å². The first-order valence-electron chi connectivity index (χ1n) is 9.10. The second-order valence-electron chi connectivity index (χ2n) is 7.44. The van der Waals surface area contributed by atoms with Gasteiger partial charge in [-0.3, -0.25) is 0 Å². The van der Waals surface area contributed by atoms with Crippen LogP contribution in [0.15, 0.2) is 0 Å². The van der Waals surface area contributed by atoms with Crippen LogP contribution in [0.3, 0.4) is 0 Å². The highest BCUT2D eigenvalue weighted by Crippen LogP contribution is 2.41. The van der Waals surface area contributed by atoms with Gasteiger partial charge in [0.05, 0.1) is 5.60 Å². The molecule has 2 unspecified atom stereocenters. The van der Waals surface area contributed by atoms with Gasteiger partial charge in [0.15, 0.2) is 0 Å². The van der Waals surface area contributed by atoms with Crippen molar-refractivity contribution >= 4 is 11.8 Å². The third-order valence-corrected chi connectivity index (χ3v) is 6.58. The van der Waals surface area contributed by atoms with Crippen LogP contribution in [0.25, 0.3) is 0 Å². The predicted molar refractivity (Wildman–Crippen MR) is 94.1 cm³/mol. The summed E-state index contributed by atoms with van der Waals surface area (Å²) in [5, 5.41) is 3.77. The van der Waals surface area contributed by atoms with Crippen molar-refractivity contribution in [2.45, 2.75) is 77.4 Å². The summed E-state index contributed by atoms with van der Waals surface area (Å²) in [5.41, 5.74) is 0.248. The number of ether oxygens (including phenoxy) is 1. The molecule has 2 nitrogen and oxygen atoms in total. The Kier molecular flexibility index (Phi) is 7.37. The third kappa shape index (κ3) is 5.44. The Morgan fingerprint density at radius 1 is 1.19 bits per heavy atom. The van der Waals surface area contributed by atoms with Crippen molar-refractivity contribution in [2.75, 3.05) is 24.7 Å². The van der Waals surface area contributed by atoms with Gasteiger partial charge in [-0.1, -0.05) is 40.0 Å². The molecule has 1 heterocycles. The molecule has 2 fully saturated rings. The highest BCUT2D eigenvalue weighted by Gasteiger charge is 2.40. The average molecular weight is 314 g/mol. The van der Waals surface area contributed by atoms with Crippen LogP contribution >= 0.6 is 11.8 Å². The molecule has 2 rings (SSSR count). The first-order valence-corrected chi connectivity index (χ1v) is 10.3. The number of hydrogen-bond acceptors (Lipinski definition) is 3. The highest BCUT2D eigenvalue weighted by atomic mass is 32.2. The van der Waals surface area contributed by atoms with E-state index in [-0.39, 0.29) is 5.60 Å². The Morgan fingerprint density at radius 3 is 2.62 bits per heavy atom. The van der Waals surface area contributed by atoms with Crippen LogP contribution in [0.5, 0.6) is 0 Å². The summed E-state index contributed by atoms with van der Waals surface area (Å²) in [6.45, 7) is 8.97. The van der Waals surface area contributed by atoms with E-state index in [1.165, 1.54) is 56.5 Å². The fourth-order valence-corrected chi connectivity index (χ4v) is 5.26. The Morgan fingerprint density at radius 2 is 1.95 bits per heavy atom. The minimum absolute atomic E-state index is 0.248. The average Bonchev–Trinajstić information content (AvgIpc) is 2.47. The highest BCUT2D eigenvalue weighted by molar-refractivity contribution is 7.99. The van der Waals surface area contributed by atoms with Crippen LogP contribution in [0.2, 0.25) is 0 Å². The molecule has 1 aliphatic carbocycles. The lowest BCUT2D eigenvalue weighted by atomic mass is 9.74. The zero-order chi connectivity index (χ0) is 15.1. The Bertz CT molecular complexity index is 283. The number of rotatable bonds is 7. The van der Waals surface area contributed by atoms with E-state index in [2.05, 4.69) is 37.8 Å². The summed E-state index contributed by atoms with van der Waals surface area (Å²) >= 11 is 2.13. The fourth-order valence-electron chi connectivity index (χ4n) is 4.01. The number of nitrogens with one attached hydrogen (secondary N) is 1. The van der Waals surface area contributed by atoms with Crippen molar-refractivity contribution in [1.29, 1.82) is 0 Å². The van der Waals surface area contributed by atoms with Gasteiger partial charge < -0.3 is 10.1 Å². The fraction of sp³-hybridized carbons (Fsp3) is 1.00. The van der Waals surface area contributed by atoms with Crippen LogP contribution in [-0.2, 0) is 4.74 Å². The minimum Gasteiger partial charge on any atom is -0.375 e. The zero-order valence-electron chi connectivity index (χ0n) is 14.3. The molecule has 3 heteroatoms. The standard InChI is InChI=1S/C18H35NOS/c1-4-19-17(14-21-13-15(2)3)16-8-11-20-18(12-16)9-6-5-7-10-18/h15-17,19H,4-14H2,1-3H3. The molecule has 2 atom stereocenters.